The quantitative estimate of drug-likeness (QED) is 0.849. The van der Waals surface area contributed by atoms with Gasteiger partial charge in [0, 0.05) is 17.1 Å². The van der Waals surface area contributed by atoms with Gasteiger partial charge in [0.05, 0.1) is 5.69 Å². The summed E-state index contributed by atoms with van der Waals surface area (Å²) in [6.07, 6.45) is 1.59. The van der Waals surface area contributed by atoms with Gasteiger partial charge in [-0.05, 0) is 19.1 Å². The molecule has 106 valence electrons. The molecule has 1 aromatic heterocycles. The maximum absolute atomic E-state index is 10.6. The van der Waals surface area contributed by atoms with Gasteiger partial charge in [-0.25, -0.2) is 4.98 Å². The first kappa shape index (κ1) is 14.6. The highest BCUT2D eigenvalue weighted by Gasteiger charge is 2.12. The van der Waals surface area contributed by atoms with Crippen molar-refractivity contribution >= 4 is 17.7 Å². The topological polar surface area (TPSA) is 89.3 Å². The Labute approximate surface area is 121 Å². The second-order valence-electron chi connectivity index (χ2n) is 4.47. The number of rotatable bonds is 6. The number of aryl methyl sites for hydroxylation is 1. The van der Waals surface area contributed by atoms with Crippen LogP contribution in [0.2, 0.25) is 0 Å². The highest BCUT2D eigenvalue weighted by atomic mass is 32.2. The summed E-state index contributed by atoms with van der Waals surface area (Å²) in [4.78, 5) is 15.0. The first-order valence-corrected chi connectivity index (χ1v) is 7.29. The van der Waals surface area contributed by atoms with E-state index in [2.05, 4.69) is 4.98 Å². The first-order chi connectivity index (χ1) is 9.56. The lowest BCUT2D eigenvalue weighted by molar-refractivity contribution is -0.137. The molecule has 0 spiro atoms. The third-order valence-electron chi connectivity index (χ3n) is 2.71. The SMILES string of the molecule is Cc1ccc(-c2nc(CSC[C@H](N)C(=O)O)co2)cc1. The maximum atomic E-state index is 10.6. The lowest BCUT2D eigenvalue weighted by Crippen LogP contribution is -2.32. The zero-order valence-electron chi connectivity index (χ0n) is 11.1. The zero-order valence-corrected chi connectivity index (χ0v) is 11.9. The van der Waals surface area contributed by atoms with E-state index in [9.17, 15) is 4.79 Å². The number of hydrogen-bond donors (Lipinski definition) is 2. The van der Waals surface area contributed by atoms with Crippen LogP contribution >= 0.6 is 11.8 Å². The van der Waals surface area contributed by atoms with E-state index in [0.29, 0.717) is 17.4 Å². The molecule has 0 saturated carbocycles. The van der Waals surface area contributed by atoms with Gasteiger partial charge in [-0.1, -0.05) is 17.7 Å². The van der Waals surface area contributed by atoms with Gasteiger partial charge in [0.15, 0.2) is 0 Å². The van der Waals surface area contributed by atoms with Crippen LogP contribution in [0.15, 0.2) is 34.9 Å². The molecule has 0 unspecified atom stereocenters. The highest BCUT2D eigenvalue weighted by Crippen LogP contribution is 2.21. The Morgan fingerprint density at radius 1 is 1.45 bits per heavy atom. The number of aromatic nitrogens is 1. The molecule has 0 saturated heterocycles. The average molecular weight is 292 g/mol. The standard InChI is InChI=1S/C14H16N2O3S/c1-9-2-4-10(5-3-9)13-16-11(6-19-13)7-20-8-12(15)14(17)18/h2-6,12H,7-8,15H2,1H3,(H,17,18)/t12-/m0/s1. The summed E-state index contributed by atoms with van der Waals surface area (Å²) < 4.78 is 5.42. The number of carboxylic acid groups (broad SMARTS) is 1. The number of carboxylic acids is 1. The van der Waals surface area contributed by atoms with Crippen molar-refractivity contribution in [3.05, 3.63) is 41.8 Å². The fourth-order valence-electron chi connectivity index (χ4n) is 1.56. The molecule has 0 aliphatic carbocycles. The molecule has 5 nitrogen and oxygen atoms in total. The number of nitrogens with zero attached hydrogens (tertiary/aromatic N) is 1. The Balaban J connectivity index is 1.92. The minimum Gasteiger partial charge on any atom is -0.480 e. The molecule has 3 N–H and O–H groups in total. The molecule has 1 atom stereocenters. The second kappa shape index (κ2) is 6.58. The predicted molar refractivity (Wildman–Crippen MR) is 78.4 cm³/mol. The van der Waals surface area contributed by atoms with Gasteiger partial charge in [-0.3, -0.25) is 4.79 Å². The van der Waals surface area contributed by atoms with Crippen LogP contribution in [0.4, 0.5) is 0 Å². The van der Waals surface area contributed by atoms with Crippen molar-refractivity contribution in [3.63, 3.8) is 0 Å². The van der Waals surface area contributed by atoms with Crippen molar-refractivity contribution in [1.29, 1.82) is 0 Å². The number of nitrogens with two attached hydrogens (primary N) is 1. The summed E-state index contributed by atoms with van der Waals surface area (Å²) in [5, 5.41) is 8.68. The number of aliphatic carboxylic acids is 1. The van der Waals surface area contributed by atoms with Gasteiger partial charge < -0.3 is 15.3 Å². The Bertz CT molecular complexity index is 580. The van der Waals surface area contributed by atoms with Crippen LogP contribution in [0.3, 0.4) is 0 Å². The molecule has 0 amide bonds. The molecule has 1 heterocycles. The van der Waals surface area contributed by atoms with Crippen LogP contribution in [0.5, 0.6) is 0 Å². The molecule has 2 aromatic rings. The molecule has 0 aliphatic heterocycles. The van der Waals surface area contributed by atoms with E-state index in [1.807, 2.05) is 31.2 Å². The van der Waals surface area contributed by atoms with Crippen LogP contribution in [0.25, 0.3) is 11.5 Å². The smallest absolute Gasteiger partial charge is 0.321 e. The third-order valence-corrected chi connectivity index (χ3v) is 3.81. The minimum atomic E-state index is -0.988. The van der Waals surface area contributed by atoms with E-state index in [1.54, 1.807) is 6.26 Å². The molecule has 0 radical (unpaired) electrons. The normalized spacial score (nSPS) is 12.3. The summed E-state index contributed by atoms with van der Waals surface area (Å²) in [7, 11) is 0. The molecule has 20 heavy (non-hydrogen) atoms. The average Bonchev–Trinajstić information content (AvgIpc) is 2.88. The fraction of sp³-hybridized carbons (Fsp3) is 0.286. The zero-order chi connectivity index (χ0) is 14.5. The number of benzene rings is 1. The molecular weight excluding hydrogens is 276 g/mol. The summed E-state index contributed by atoms with van der Waals surface area (Å²) in [6, 6.07) is 7.07. The Hall–Kier alpha value is -1.79. The lowest BCUT2D eigenvalue weighted by atomic mass is 10.1. The van der Waals surface area contributed by atoms with Crippen molar-refractivity contribution in [2.24, 2.45) is 5.73 Å². The van der Waals surface area contributed by atoms with Gasteiger partial charge >= 0.3 is 5.97 Å². The van der Waals surface area contributed by atoms with Gasteiger partial charge in [0.1, 0.15) is 12.3 Å². The molecule has 6 heteroatoms. The van der Waals surface area contributed by atoms with E-state index in [4.69, 9.17) is 15.3 Å². The number of carbonyl (C=O) groups is 1. The molecule has 0 bridgehead atoms. The van der Waals surface area contributed by atoms with E-state index in [-0.39, 0.29) is 0 Å². The van der Waals surface area contributed by atoms with Gasteiger partial charge in [0.2, 0.25) is 5.89 Å². The van der Waals surface area contributed by atoms with Gasteiger partial charge in [0.25, 0.3) is 0 Å². The van der Waals surface area contributed by atoms with Crippen molar-refractivity contribution in [2.45, 2.75) is 18.7 Å². The van der Waals surface area contributed by atoms with Crippen LogP contribution in [0, 0.1) is 6.92 Å². The predicted octanol–water partition coefficient (Wildman–Crippen LogP) is 2.30. The lowest BCUT2D eigenvalue weighted by Gasteiger charge is -2.03. The van der Waals surface area contributed by atoms with Crippen LogP contribution in [0.1, 0.15) is 11.3 Å². The second-order valence-corrected chi connectivity index (χ2v) is 5.50. The maximum Gasteiger partial charge on any atom is 0.321 e. The van der Waals surface area contributed by atoms with Gasteiger partial charge in [-0.2, -0.15) is 11.8 Å². The van der Waals surface area contributed by atoms with Crippen LogP contribution in [-0.4, -0.2) is 27.9 Å². The van der Waals surface area contributed by atoms with Crippen molar-refractivity contribution in [3.8, 4) is 11.5 Å². The summed E-state index contributed by atoms with van der Waals surface area (Å²) in [6.45, 7) is 2.02. The monoisotopic (exact) mass is 292 g/mol. The minimum absolute atomic E-state index is 0.349. The molecule has 2 rings (SSSR count). The van der Waals surface area contributed by atoms with Gasteiger partial charge in [-0.15, -0.1) is 0 Å². The molecule has 0 aliphatic rings. The Morgan fingerprint density at radius 2 is 2.15 bits per heavy atom. The summed E-state index contributed by atoms with van der Waals surface area (Å²) in [5.74, 6) is 0.513. The molecule has 0 fully saturated rings. The van der Waals surface area contributed by atoms with Crippen molar-refractivity contribution < 1.29 is 14.3 Å². The van der Waals surface area contributed by atoms with Crippen molar-refractivity contribution in [1.82, 2.24) is 4.98 Å². The van der Waals surface area contributed by atoms with E-state index < -0.39 is 12.0 Å². The molecule has 1 aromatic carbocycles. The highest BCUT2D eigenvalue weighted by molar-refractivity contribution is 7.98. The van der Waals surface area contributed by atoms with E-state index in [0.717, 1.165) is 11.3 Å². The number of thioether (sulfide) groups is 1. The third kappa shape index (κ3) is 3.85. The fourth-order valence-corrected chi connectivity index (χ4v) is 2.42. The molecular formula is C14H16N2O3S. The Kier molecular flexibility index (Phi) is 4.81. The van der Waals surface area contributed by atoms with E-state index in [1.165, 1.54) is 17.3 Å². The van der Waals surface area contributed by atoms with Crippen LogP contribution in [-0.2, 0) is 10.5 Å². The van der Waals surface area contributed by atoms with Crippen LogP contribution < -0.4 is 5.73 Å². The Morgan fingerprint density at radius 3 is 2.80 bits per heavy atom. The van der Waals surface area contributed by atoms with E-state index >= 15 is 0 Å². The summed E-state index contributed by atoms with van der Waals surface area (Å²) in [5.41, 5.74) is 8.31. The number of oxazole rings is 1. The number of hydrogen-bond acceptors (Lipinski definition) is 5. The largest absolute Gasteiger partial charge is 0.480 e. The first-order valence-electron chi connectivity index (χ1n) is 6.14. The summed E-state index contributed by atoms with van der Waals surface area (Å²) >= 11 is 1.43. The van der Waals surface area contributed by atoms with Crippen molar-refractivity contribution in [2.75, 3.05) is 5.75 Å².